The maximum atomic E-state index is 11.7. The number of nitrogens with zero attached hydrogens (tertiary/aromatic N) is 5. The average molecular weight is 514 g/mol. The summed E-state index contributed by atoms with van der Waals surface area (Å²) < 4.78 is 8.59. The molecule has 1 aromatic heterocycles. The molecular formula is C29H28ClN5O2. The zero-order valence-electron chi connectivity index (χ0n) is 20.4. The van der Waals surface area contributed by atoms with Gasteiger partial charge in [0.15, 0.2) is 0 Å². The van der Waals surface area contributed by atoms with Gasteiger partial charge in [0, 0.05) is 49.0 Å². The van der Waals surface area contributed by atoms with Gasteiger partial charge in [-0.3, -0.25) is 4.90 Å². The molecule has 1 aliphatic carbocycles. The average Bonchev–Trinajstić information content (AvgIpc) is 3.33. The summed E-state index contributed by atoms with van der Waals surface area (Å²) in [6.07, 6.45) is 8.42. The molecule has 0 radical (unpaired) electrons. The van der Waals surface area contributed by atoms with Crippen LogP contribution in [0.4, 0.5) is 5.69 Å². The molecule has 3 aliphatic rings. The minimum Gasteiger partial charge on any atom is -0.456 e. The molecule has 2 aromatic carbocycles. The number of benzene rings is 2. The second-order valence-electron chi connectivity index (χ2n) is 9.83. The van der Waals surface area contributed by atoms with Gasteiger partial charge in [-0.25, -0.2) is 4.98 Å². The van der Waals surface area contributed by atoms with Crippen LogP contribution >= 0.6 is 11.6 Å². The quantitative estimate of drug-likeness (QED) is 0.515. The second-order valence-corrected chi connectivity index (χ2v) is 10.3. The number of aromatic nitrogens is 2. The Kier molecular flexibility index (Phi) is 6.47. The molecule has 188 valence electrons. The number of aliphatic hydroxyl groups excluding tert-OH is 1. The van der Waals surface area contributed by atoms with Crippen LogP contribution in [0.15, 0.2) is 84.5 Å². The Morgan fingerprint density at radius 2 is 2.03 bits per heavy atom. The van der Waals surface area contributed by atoms with Crippen LogP contribution in [0.5, 0.6) is 5.75 Å². The third kappa shape index (κ3) is 4.76. The SMILES string of the molecule is N#CC1=CCC2C=C1Oc1ccccc1CC1C(O)N(c3cccc(Cl)c3)CCN1Cc1cncn1C2. The third-order valence-electron chi connectivity index (χ3n) is 7.51. The molecule has 37 heavy (non-hydrogen) atoms. The lowest BCUT2D eigenvalue weighted by Gasteiger charge is -2.46. The number of imidazole rings is 1. The van der Waals surface area contributed by atoms with Gasteiger partial charge in [-0.2, -0.15) is 5.26 Å². The molecule has 3 atom stereocenters. The molecule has 0 saturated carbocycles. The number of allylic oxidation sites excluding steroid dienone is 3. The van der Waals surface area contributed by atoms with Gasteiger partial charge >= 0.3 is 0 Å². The van der Waals surface area contributed by atoms with Gasteiger partial charge in [-0.05, 0) is 48.7 Å². The molecule has 3 unspecified atom stereocenters. The highest BCUT2D eigenvalue weighted by Crippen LogP contribution is 2.33. The summed E-state index contributed by atoms with van der Waals surface area (Å²) in [5, 5.41) is 22.1. The molecule has 0 spiro atoms. The maximum Gasteiger partial charge on any atom is 0.143 e. The highest BCUT2D eigenvalue weighted by atomic mass is 35.5. The molecular weight excluding hydrogens is 486 g/mol. The number of hydrogen-bond acceptors (Lipinski definition) is 6. The van der Waals surface area contributed by atoms with E-state index in [9.17, 15) is 10.4 Å². The molecule has 2 aliphatic heterocycles. The van der Waals surface area contributed by atoms with E-state index >= 15 is 0 Å². The molecule has 1 fully saturated rings. The van der Waals surface area contributed by atoms with Crippen molar-refractivity contribution in [1.29, 1.82) is 5.26 Å². The first-order valence-electron chi connectivity index (χ1n) is 12.6. The van der Waals surface area contributed by atoms with E-state index in [0.29, 0.717) is 41.6 Å². The van der Waals surface area contributed by atoms with Crippen LogP contribution < -0.4 is 9.64 Å². The van der Waals surface area contributed by atoms with E-state index < -0.39 is 6.23 Å². The van der Waals surface area contributed by atoms with Crippen LogP contribution in [0.3, 0.4) is 0 Å². The summed E-state index contributed by atoms with van der Waals surface area (Å²) in [6, 6.07) is 17.6. The monoisotopic (exact) mass is 513 g/mol. The highest BCUT2D eigenvalue weighted by molar-refractivity contribution is 6.30. The minimum absolute atomic E-state index is 0.189. The van der Waals surface area contributed by atoms with Crippen LogP contribution in [-0.2, 0) is 19.5 Å². The Morgan fingerprint density at radius 1 is 1.14 bits per heavy atom. The molecule has 3 heterocycles. The van der Waals surface area contributed by atoms with Crippen molar-refractivity contribution < 1.29 is 9.84 Å². The number of anilines is 1. The van der Waals surface area contributed by atoms with E-state index in [2.05, 4.69) is 26.6 Å². The molecule has 1 N–H and O–H groups in total. The summed E-state index contributed by atoms with van der Waals surface area (Å²) in [5.41, 5.74) is 3.54. The number of nitriles is 1. The van der Waals surface area contributed by atoms with Gasteiger partial charge in [-0.1, -0.05) is 41.9 Å². The number of rotatable bonds is 1. The van der Waals surface area contributed by atoms with Crippen LogP contribution in [-0.4, -0.2) is 44.9 Å². The number of piperazine rings is 1. The number of para-hydroxylation sites is 1. The first-order chi connectivity index (χ1) is 18.1. The fraction of sp³-hybridized carbons (Fsp3) is 0.310. The van der Waals surface area contributed by atoms with Crippen LogP contribution in [0.1, 0.15) is 17.7 Å². The number of fused-ring (bicyclic) bond motifs is 4. The van der Waals surface area contributed by atoms with Crippen molar-refractivity contribution in [2.45, 2.75) is 38.2 Å². The highest BCUT2D eigenvalue weighted by Gasteiger charge is 2.37. The molecule has 6 rings (SSSR count). The fourth-order valence-electron chi connectivity index (χ4n) is 5.58. The molecule has 2 bridgehead atoms. The van der Waals surface area contributed by atoms with E-state index in [1.807, 2.05) is 72.0 Å². The van der Waals surface area contributed by atoms with E-state index in [1.165, 1.54) is 0 Å². The predicted molar refractivity (Wildman–Crippen MR) is 142 cm³/mol. The van der Waals surface area contributed by atoms with Crippen LogP contribution in [0.25, 0.3) is 0 Å². The second kappa shape index (κ2) is 10.1. The van der Waals surface area contributed by atoms with Crippen molar-refractivity contribution in [3.05, 3.63) is 101 Å². The van der Waals surface area contributed by atoms with Crippen molar-refractivity contribution in [2.75, 3.05) is 18.0 Å². The van der Waals surface area contributed by atoms with E-state index in [4.69, 9.17) is 16.3 Å². The van der Waals surface area contributed by atoms with Crippen molar-refractivity contribution in [1.82, 2.24) is 14.5 Å². The minimum atomic E-state index is -0.755. The standard InChI is InChI=1S/C29H28ClN5O2/c30-23-5-3-6-24(14-23)35-11-10-33-18-25-16-32-19-34(25)17-20-8-9-22(15-31)28(12-20)37-27-7-2-1-4-21(27)13-26(33)29(35)36/h1-7,9,12,14,16,19-20,26,29,36H,8,10-11,13,17-18H2. The zero-order valence-corrected chi connectivity index (χ0v) is 21.1. The van der Waals surface area contributed by atoms with Crippen molar-refractivity contribution >= 4 is 17.3 Å². The normalized spacial score (nSPS) is 23.9. The van der Waals surface area contributed by atoms with E-state index in [-0.39, 0.29) is 12.0 Å². The number of aliphatic hydroxyl groups is 1. The molecule has 1 saturated heterocycles. The summed E-state index contributed by atoms with van der Waals surface area (Å²) >= 11 is 6.29. The summed E-state index contributed by atoms with van der Waals surface area (Å²) in [5.74, 6) is 1.49. The fourth-order valence-corrected chi connectivity index (χ4v) is 5.76. The predicted octanol–water partition coefficient (Wildman–Crippen LogP) is 4.53. The largest absolute Gasteiger partial charge is 0.456 e. The lowest BCUT2D eigenvalue weighted by Crippen LogP contribution is -2.60. The van der Waals surface area contributed by atoms with Crippen molar-refractivity contribution in [3.8, 4) is 11.8 Å². The van der Waals surface area contributed by atoms with Gasteiger partial charge in [0.2, 0.25) is 0 Å². The lowest BCUT2D eigenvalue weighted by atomic mass is 9.95. The smallest absolute Gasteiger partial charge is 0.143 e. The van der Waals surface area contributed by atoms with Gasteiger partial charge in [0.05, 0.1) is 23.6 Å². The van der Waals surface area contributed by atoms with E-state index in [0.717, 1.165) is 36.5 Å². The number of halogens is 1. The summed E-state index contributed by atoms with van der Waals surface area (Å²) in [7, 11) is 0. The van der Waals surface area contributed by atoms with Gasteiger partial charge in [0.25, 0.3) is 0 Å². The van der Waals surface area contributed by atoms with Crippen molar-refractivity contribution in [2.24, 2.45) is 5.92 Å². The molecule has 8 heteroatoms. The van der Waals surface area contributed by atoms with Crippen LogP contribution in [0, 0.1) is 17.2 Å². The lowest BCUT2D eigenvalue weighted by molar-refractivity contribution is 0.0155. The Bertz CT molecular complexity index is 1410. The summed E-state index contributed by atoms with van der Waals surface area (Å²) in [4.78, 5) is 8.81. The van der Waals surface area contributed by atoms with Gasteiger partial charge in [0.1, 0.15) is 23.8 Å². The third-order valence-corrected chi connectivity index (χ3v) is 7.75. The topological polar surface area (TPSA) is 77.6 Å². The Labute approximate surface area is 221 Å². The Morgan fingerprint density at radius 3 is 2.89 bits per heavy atom. The summed E-state index contributed by atoms with van der Waals surface area (Å²) in [6.45, 7) is 2.87. The Balaban J connectivity index is 1.41. The van der Waals surface area contributed by atoms with Crippen molar-refractivity contribution in [3.63, 3.8) is 0 Å². The molecule has 0 amide bonds. The molecule has 7 nitrogen and oxygen atoms in total. The van der Waals surface area contributed by atoms with Crippen LogP contribution in [0.2, 0.25) is 5.02 Å². The van der Waals surface area contributed by atoms with Gasteiger partial charge in [-0.15, -0.1) is 0 Å². The maximum absolute atomic E-state index is 11.7. The van der Waals surface area contributed by atoms with E-state index in [1.54, 1.807) is 0 Å². The number of ether oxygens (including phenoxy) is 1. The molecule has 3 aromatic rings. The first kappa shape index (κ1) is 23.8. The zero-order chi connectivity index (χ0) is 25.4. The van der Waals surface area contributed by atoms with Gasteiger partial charge < -0.3 is 19.3 Å². The number of hydrogen-bond donors (Lipinski definition) is 1. The Hall–Kier alpha value is -3.57. The first-order valence-corrected chi connectivity index (χ1v) is 13.0.